The van der Waals surface area contributed by atoms with Crippen molar-refractivity contribution in [2.75, 3.05) is 19.6 Å². The highest BCUT2D eigenvalue weighted by Gasteiger charge is 2.31. The molecule has 1 aliphatic heterocycles. The van der Waals surface area contributed by atoms with Crippen LogP contribution in [0.15, 0.2) is 42.5 Å². The number of nitrogens with one attached hydrogen (secondary N) is 2. The van der Waals surface area contributed by atoms with Gasteiger partial charge in [-0.1, -0.05) is 30.3 Å². The lowest BCUT2D eigenvalue weighted by atomic mass is 10.0. The lowest BCUT2D eigenvalue weighted by molar-refractivity contribution is 0.0562. The Balaban J connectivity index is 1.72. The van der Waals surface area contributed by atoms with E-state index in [0.717, 1.165) is 17.3 Å². The molecule has 0 spiro atoms. The zero-order valence-corrected chi connectivity index (χ0v) is 11.2. The molecule has 1 atom stereocenters. The number of benzene rings is 2. The van der Waals surface area contributed by atoms with E-state index in [2.05, 4.69) is 10.6 Å². The largest absolute Gasteiger partial charge is 0.387 e. The van der Waals surface area contributed by atoms with Gasteiger partial charge in [-0.25, -0.2) is 0 Å². The summed E-state index contributed by atoms with van der Waals surface area (Å²) in [4.78, 5) is 12.1. The molecular weight excluding hydrogens is 252 g/mol. The highest BCUT2D eigenvalue weighted by molar-refractivity contribution is 5.98. The summed E-state index contributed by atoms with van der Waals surface area (Å²) < 4.78 is 0. The van der Waals surface area contributed by atoms with Crippen LogP contribution >= 0.6 is 0 Å². The van der Waals surface area contributed by atoms with Gasteiger partial charge in [0.05, 0.1) is 5.60 Å². The molecule has 4 nitrogen and oxygen atoms in total. The Labute approximate surface area is 117 Å². The van der Waals surface area contributed by atoms with Gasteiger partial charge in [0.1, 0.15) is 0 Å². The number of hydrogen-bond acceptors (Lipinski definition) is 3. The summed E-state index contributed by atoms with van der Waals surface area (Å²) in [7, 11) is 0. The summed E-state index contributed by atoms with van der Waals surface area (Å²) >= 11 is 0. The molecule has 104 valence electrons. The van der Waals surface area contributed by atoms with Crippen LogP contribution in [-0.2, 0) is 0 Å². The summed E-state index contributed by atoms with van der Waals surface area (Å²) in [6.07, 6.45) is 0.672. The van der Waals surface area contributed by atoms with Crippen LogP contribution in [0.4, 0.5) is 0 Å². The fraction of sp³-hybridized carbons (Fsp3) is 0.312. The monoisotopic (exact) mass is 270 g/mol. The van der Waals surface area contributed by atoms with E-state index in [1.807, 2.05) is 42.5 Å². The van der Waals surface area contributed by atoms with Crippen LogP contribution in [0.3, 0.4) is 0 Å². The predicted octanol–water partition coefficient (Wildman–Crippen LogP) is 1.29. The molecule has 1 saturated heterocycles. The van der Waals surface area contributed by atoms with Crippen molar-refractivity contribution in [1.29, 1.82) is 0 Å². The van der Waals surface area contributed by atoms with Gasteiger partial charge in [-0.2, -0.15) is 0 Å². The Bertz CT molecular complexity index is 633. The van der Waals surface area contributed by atoms with Crippen molar-refractivity contribution in [2.45, 2.75) is 12.0 Å². The second kappa shape index (κ2) is 5.23. The molecule has 1 fully saturated rings. The van der Waals surface area contributed by atoms with E-state index in [-0.39, 0.29) is 12.5 Å². The van der Waals surface area contributed by atoms with Gasteiger partial charge in [0.2, 0.25) is 0 Å². The number of carbonyl (C=O) groups excluding carboxylic acids is 1. The SMILES string of the molecule is O=C(NCC1(O)CCNC1)c1ccc2ccccc2c1. The minimum atomic E-state index is -0.813. The van der Waals surface area contributed by atoms with Crippen LogP contribution in [0.25, 0.3) is 10.8 Å². The van der Waals surface area contributed by atoms with E-state index in [1.54, 1.807) is 0 Å². The second-order valence-corrected chi connectivity index (χ2v) is 5.40. The number of aliphatic hydroxyl groups is 1. The maximum atomic E-state index is 12.1. The van der Waals surface area contributed by atoms with E-state index in [1.165, 1.54) is 0 Å². The van der Waals surface area contributed by atoms with Crippen molar-refractivity contribution < 1.29 is 9.90 Å². The number of hydrogen-bond donors (Lipinski definition) is 3. The smallest absolute Gasteiger partial charge is 0.251 e. The van der Waals surface area contributed by atoms with Gasteiger partial charge >= 0.3 is 0 Å². The van der Waals surface area contributed by atoms with Crippen molar-refractivity contribution in [1.82, 2.24) is 10.6 Å². The lowest BCUT2D eigenvalue weighted by Gasteiger charge is -2.21. The first kappa shape index (κ1) is 13.1. The molecule has 3 N–H and O–H groups in total. The Kier molecular flexibility index (Phi) is 3.42. The van der Waals surface area contributed by atoms with Crippen molar-refractivity contribution in [2.24, 2.45) is 0 Å². The molecule has 2 aromatic carbocycles. The molecule has 20 heavy (non-hydrogen) atoms. The molecule has 0 aliphatic carbocycles. The van der Waals surface area contributed by atoms with Crippen LogP contribution in [-0.4, -0.2) is 36.2 Å². The number of carbonyl (C=O) groups is 1. The zero-order valence-electron chi connectivity index (χ0n) is 11.2. The molecule has 4 heteroatoms. The van der Waals surface area contributed by atoms with Crippen LogP contribution in [0, 0.1) is 0 Å². The van der Waals surface area contributed by atoms with Gasteiger partial charge in [0.15, 0.2) is 0 Å². The van der Waals surface area contributed by atoms with Crippen LogP contribution in [0.5, 0.6) is 0 Å². The molecule has 2 aromatic rings. The van der Waals surface area contributed by atoms with E-state index in [9.17, 15) is 9.90 Å². The fourth-order valence-electron chi connectivity index (χ4n) is 2.56. The van der Waals surface area contributed by atoms with Gasteiger partial charge in [0, 0.05) is 18.7 Å². The van der Waals surface area contributed by atoms with Gasteiger partial charge in [-0.3, -0.25) is 4.79 Å². The third-order valence-corrected chi connectivity index (χ3v) is 3.81. The first-order valence-corrected chi connectivity index (χ1v) is 6.86. The molecule has 1 amide bonds. The molecule has 0 saturated carbocycles. The number of β-amino-alcohol motifs (C(OH)–C–C–N with tert-alkyl or cyclic N) is 1. The first-order valence-electron chi connectivity index (χ1n) is 6.86. The second-order valence-electron chi connectivity index (χ2n) is 5.40. The highest BCUT2D eigenvalue weighted by Crippen LogP contribution is 2.16. The average molecular weight is 270 g/mol. The highest BCUT2D eigenvalue weighted by atomic mass is 16.3. The maximum Gasteiger partial charge on any atom is 0.251 e. The Morgan fingerprint density at radius 3 is 2.80 bits per heavy atom. The standard InChI is InChI=1S/C16H18N2O2/c19-15(18-11-16(20)7-8-17-10-16)14-6-5-12-3-1-2-4-13(12)9-14/h1-6,9,17,20H,7-8,10-11H2,(H,18,19). The molecular formula is C16H18N2O2. The minimum Gasteiger partial charge on any atom is -0.387 e. The van der Waals surface area contributed by atoms with Crippen LogP contribution < -0.4 is 10.6 Å². The summed E-state index contributed by atoms with van der Waals surface area (Å²) in [6, 6.07) is 13.6. The molecule has 3 rings (SSSR count). The quantitative estimate of drug-likeness (QED) is 0.787. The molecule has 0 bridgehead atoms. The van der Waals surface area contributed by atoms with Crippen molar-refractivity contribution in [3.63, 3.8) is 0 Å². The van der Waals surface area contributed by atoms with Gasteiger partial charge in [0.25, 0.3) is 5.91 Å². The third-order valence-electron chi connectivity index (χ3n) is 3.81. The van der Waals surface area contributed by atoms with Crippen molar-refractivity contribution in [3.05, 3.63) is 48.0 Å². The van der Waals surface area contributed by atoms with E-state index >= 15 is 0 Å². The van der Waals surface area contributed by atoms with Gasteiger partial charge < -0.3 is 15.7 Å². The number of rotatable bonds is 3. The normalized spacial score (nSPS) is 22.1. The van der Waals surface area contributed by atoms with Crippen LogP contribution in [0.2, 0.25) is 0 Å². The number of fused-ring (bicyclic) bond motifs is 1. The zero-order chi connectivity index (χ0) is 14.0. The fourth-order valence-corrected chi connectivity index (χ4v) is 2.56. The third kappa shape index (κ3) is 2.66. The Morgan fingerprint density at radius 1 is 1.25 bits per heavy atom. The van der Waals surface area contributed by atoms with Crippen molar-refractivity contribution in [3.8, 4) is 0 Å². The lowest BCUT2D eigenvalue weighted by Crippen LogP contribution is -2.44. The predicted molar refractivity (Wildman–Crippen MR) is 78.7 cm³/mol. The average Bonchev–Trinajstić information content (AvgIpc) is 2.91. The molecule has 1 heterocycles. The summed E-state index contributed by atoms with van der Waals surface area (Å²) in [5.74, 6) is -0.143. The Morgan fingerprint density at radius 2 is 2.05 bits per heavy atom. The van der Waals surface area contributed by atoms with Gasteiger partial charge in [-0.15, -0.1) is 0 Å². The summed E-state index contributed by atoms with van der Waals surface area (Å²) in [6.45, 7) is 1.61. The molecule has 0 aromatic heterocycles. The topological polar surface area (TPSA) is 61.4 Å². The minimum absolute atomic E-state index is 0.143. The maximum absolute atomic E-state index is 12.1. The van der Waals surface area contributed by atoms with Crippen LogP contribution in [0.1, 0.15) is 16.8 Å². The first-order chi connectivity index (χ1) is 9.66. The molecule has 1 aliphatic rings. The summed E-state index contributed by atoms with van der Waals surface area (Å²) in [5, 5.41) is 18.3. The Hall–Kier alpha value is -1.91. The molecule has 1 unspecified atom stereocenters. The molecule has 0 radical (unpaired) electrons. The van der Waals surface area contributed by atoms with E-state index in [0.29, 0.717) is 18.5 Å². The summed E-state index contributed by atoms with van der Waals surface area (Å²) in [5.41, 5.74) is -0.190. The van der Waals surface area contributed by atoms with E-state index < -0.39 is 5.60 Å². The van der Waals surface area contributed by atoms with E-state index in [4.69, 9.17) is 0 Å². The van der Waals surface area contributed by atoms with Gasteiger partial charge in [-0.05, 0) is 35.9 Å². The number of amides is 1. The van der Waals surface area contributed by atoms with Crippen molar-refractivity contribution >= 4 is 16.7 Å².